The highest BCUT2D eigenvalue weighted by molar-refractivity contribution is 5.99. The summed E-state index contributed by atoms with van der Waals surface area (Å²) in [5, 5.41) is 0. The predicted molar refractivity (Wildman–Crippen MR) is 109 cm³/mol. The van der Waals surface area contributed by atoms with Gasteiger partial charge in [-0.25, -0.2) is 13.6 Å². The topological polar surface area (TPSA) is 79.2 Å². The van der Waals surface area contributed by atoms with Crippen LogP contribution in [0.5, 0.6) is 0 Å². The number of benzene rings is 2. The zero-order valence-electron chi connectivity index (χ0n) is 16.2. The van der Waals surface area contributed by atoms with Crippen molar-refractivity contribution in [3.05, 3.63) is 99.3 Å². The van der Waals surface area contributed by atoms with E-state index in [0.29, 0.717) is 16.7 Å². The lowest BCUT2D eigenvalue weighted by atomic mass is 9.98. The van der Waals surface area contributed by atoms with E-state index < -0.39 is 18.2 Å². The Morgan fingerprint density at radius 1 is 1.10 bits per heavy atom. The van der Waals surface area contributed by atoms with E-state index in [1.54, 1.807) is 35.2 Å². The zero-order chi connectivity index (χ0) is 21.5. The Hall–Kier alpha value is -3.81. The molecule has 6 nitrogen and oxygen atoms in total. The molecule has 0 fully saturated rings. The van der Waals surface area contributed by atoms with Crippen LogP contribution in [0, 0.1) is 0 Å². The van der Waals surface area contributed by atoms with Crippen LogP contribution in [-0.2, 0) is 13.0 Å². The molecule has 156 valence electrons. The van der Waals surface area contributed by atoms with Gasteiger partial charge >= 0.3 is 5.76 Å². The van der Waals surface area contributed by atoms with E-state index in [0.717, 1.165) is 11.1 Å². The van der Waals surface area contributed by atoms with Gasteiger partial charge in [-0.3, -0.25) is 14.8 Å². The molecule has 1 aliphatic heterocycles. The standard InChI is InChI=1S/C23H17F2N3O3/c24-21(25)16-6-3-9-26-18(16)11-19-14-4-1-2-5-15(14)22(29)28(19)12-13-7-8-17-20(10-13)31-23(30)27-17/h1-10,19,21H,11-12H2,(H,27,30). The van der Waals surface area contributed by atoms with Crippen molar-refractivity contribution in [2.45, 2.75) is 25.4 Å². The third-order valence-corrected chi connectivity index (χ3v) is 5.57. The summed E-state index contributed by atoms with van der Waals surface area (Å²) in [6.07, 6.45) is -0.996. The summed E-state index contributed by atoms with van der Waals surface area (Å²) in [6, 6.07) is 14.8. The number of carbonyl (C=O) groups excluding carboxylic acids is 1. The average molecular weight is 421 g/mol. The highest BCUT2D eigenvalue weighted by Crippen LogP contribution is 2.38. The molecule has 4 aromatic rings. The molecule has 1 amide bonds. The molecule has 0 radical (unpaired) electrons. The van der Waals surface area contributed by atoms with E-state index in [2.05, 4.69) is 9.97 Å². The van der Waals surface area contributed by atoms with Crippen molar-refractivity contribution in [3.63, 3.8) is 0 Å². The molecular formula is C23H17F2N3O3. The van der Waals surface area contributed by atoms with Crippen molar-refractivity contribution in [2.75, 3.05) is 0 Å². The fourth-order valence-electron chi connectivity index (χ4n) is 4.14. The minimum Gasteiger partial charge on any atom is -0.408 e. The minimum atomic E-state index is -2.65. The van der Waals surface area contributed by atoms with Crippen LogP contribution in [-0.4, -0.2) is 20.8 Å². The van der Waals surface area contributed by atoms with Crippen molar-refractivity contribution >= 4 is 17.0 Å². The normalized spacial score (nSPS) is 15.8. The van der Waals surface area contributed by atoms with Crippen LogP contribution in [0.1, 0.15) is 45.2 Å². The molecule has 0 spiro atoms. The van der Waals surface area contributed by atoms with Gasteiger partial charge in [-0.05, 0) is 41.5 Å². The molecule has 0 saturated carbocycles. The number of aromatic amines is 1. The molecule has 0 bridgehead atoms. The van der Waals surface area contributed by atoms with Gasteiger partial charge in [-0.15, -0.1) is 0 Å². The number of amides is 1. The third kappa shape index (κ3) is 3.39. The fourth-order valence-corrected chi connectivity index (χ4v) is 4.14. The van der Waals surface area contributed by atoms with E-state index >= 15 is 0 Å². The lowest BCUT2D eigenvalue weighted by Gasteiger charge is -2.26. The van der Waals surface area contributed by atoms with Gasteiger partial charge in [0.05, 0.1) is 17.3 Å². The Kier molecular flexibility index (Phi) is 4.62. The molecule has 2 aromatic heterocycles. The Morgan fingerprint density at radius 2 is 1.94 bits per heavy atom. The van der Waals surface area contributed by atoms with Crippen LogP contribution in [0.3, 0.4) is 0 Å². The van der Waals surface area contributed by atoms with Crippen molar-refractivity contribution in [1.82, 2.24) is 14.9 Å². The second-order valence-electron chi connectivity index (χ2n) is 7.43. The first-order chi connectivity index (χ1) is 15.0. The Morgan fingerprint density at radius 3 is 2.77 bits per heavy atom. The number of halogens is 2. The molecule has 2 aromatic carbocycles. The van der Waals surface area contributed by atoms with Crippen molar-refractivity contribution in [2.24, 2.45) is 0 Å². The number of nitrogens with zero attached hydrogens (tertiary/aromatic N) is 2. The molecule has 8 heteroatoms. The molecule has 0 saturated heterocycles. The maximum Gasteiger partial charge on any atom is 0.417 e. The second kappa shape index (κ2) is 7.46. The zero-order valence-corrected chi connectivity index (χ0v) is 16.2. The van der Waals surface area contributed by atoms with Crippen LogP contribution in [0.25, 0.3) is 11.1 Å². The second-order valence-corrected chi connectivity index (χ2v) is 7.43. The largest absolute Gasteiger partial charge is 0.417 e. The van der Waals surface area contributed by atoms with E-state index in [9.17, 15) is 18.4 Å². The summed E-state index contributed by atoms with van der Waals surface area (Å²) in [6.45, 7) is 0.236. The van der Waals surface area contributed by atoms with Gasteiger partial charge in [0, 0.05) is 30.3 Å². The van der Waals surface area contributed by atoms with Gasteiger partial charge in [0.2, 0.25) is 0 Å². The summed E-state index contributed by atoms with van der Waals surface area (Å²) in [4.78, 5) is 33.0. The number of rotatable bonds is 5. The van der Waals surface area contributed by atoms with Gasteiger partial charge in [-0.2, -0.15) is 0 Å². The number of hydrogen-bond acceptors (Lipinski definition) is 4. The SMILES string of the molecule is O=C1c2ccccc2C(Cc2ncccc2C(F)F)N1Cc1ccc2[nH]c(=O)oc2c1. The summed E-state index contributed by atoms with van der Waals surface area (Å²) in [5.74, 6) is -0.727. The molecule has 31 heavy (non-hydrogen) atoms. The number of aromatic nitrogens is 2. The maximum absolute atomic E-state index is 13.5. The highest BCUT2D eigenvalue weighted by atomic mass is 19.3. The van der Waals surface area contributed by atoms with E-state index in [1.165, 1.54) is 18.3 Å². The molecule has 5 rings (SSSR count). The van der Waals surface area contributed by atoms with Gasteiger partial charge < -0.3 is 9.32 Å². The third-order valence-electron chi connectivity index (χ3n) is 5.57. The van der Waals surface area contributed by atoms with Crippen LogP contribution in [0.15, 0.2) is 70.0 Å². The number of H-pyrrole nitrogens is 1. The van der Waals surface area contributed by atoms with Gasteiger partial charge in [0.25, 0.3) is 12.3 Å². The number of fused-ring (bicyclic) bond motifs is 2. The lowest BCUT2D eigenvalue weighted by Crippen LogP contribution is -2.29. The fraction of sp³-hybridized carbons (Fsp3) is 0.174. The monoisotopic (exact) mass is 421 g/mol. The molecule has 0 aliphatic carbocycles. The van der Waals surface area contributed by atoms with E-state index in [1.807, 2.05) is 12.1 Å². The van der Waals surface area contributed by atoms with Crippen LogP contribution >= 0.6 is 0 Å². The van der Waals surface area contributed by atoms with Gasteiger partial charge in [0.15, 0.2) is 5.58 Å². The number of nitrogens with one attached hydrogen (secondary N) is 1. The summed E-state index contributed by atoms with van der Waals surface area (Å²) in [5.41, 5.74) is 3.20. The van der Waals surface area contributed by atoms with Crippen molar-refractivity contribution in [1.29, 1.82) is 0 Å². The summed E-state index contributed by atoms with van der Waals surface area (Å²) < 4.78 is 32.1. The lowest BCUT2D eigenvalue weighted by molar-refractivity contribution is 0.0707. The summed E-state index contributed by atoms with van der Waals surface area (Å²) in [7, 11) is 0. The Bertz CT molecular complexity index is 1350. The Labute approximate surface area is 175 Å². The molecule has 3 heterocycles. The first-order valence-electron chi connectivity index (χ1n) is 9.75. The molecule has 1 aliphatic rings. The number of oxazole rings is 1. The number of carbonyl (C=O) groups is 1. The van der Waals surface area contributed by atoms with Crippen molar-refractivity contribution < 1.29 is 18.0 Å². The number of pyridine rings is 1. The van der Waals surface area contributed by atoms with Crippen LogP contribution in [0.4, 0.5) is 8.78 Å². The highest BCUT2D eigenvalue weighted by Gasteiger charge is 2.37. The molecule has 1 atom stereocenters. The van der Waals surface area contributed by atoms with Crippen LogP contribution < -0.4 is 5.76 Å². The number of alkyl halides is 2. The van der Waals surface area contributed by atoms with Crippen molar-refractivity contribution in [3.8, 4) is 0 Å². The van der Waals surface area contributed by atoms with Gasteiger partial charge in [-0.1, -0.05) is 24.3 Å². The minimum absolute atomic E-state index is 0.130. The smallest absolute Gasteiger partial charge is 0.408 e. The van der Waals surface area contributed by atoms with E-state index in [-0.39, 0.29) is 30.1 Å². The predicted octanol–water partition coefficient (Wildman–Crippen LogP) is 4.39. The average Bonchev–Trinajstić information content (AvgIpc) is 3.26. The first-order valence-corrected chi connectivity index (χ1v) is 9.75. The maximum atomic E-state index is 13.5. The summed E-state index contributed by atoms with van der Waals surface area (Å²) >= 11 is 0. The van der Waals surface area contributed by atoms with Gasteiger partial charge in [0.1, 0.15) is 0 Å². The molecule has 1 unspecified atom stereocenters. The quantitative estimate of drug-likeness (QED) is 0.518. The number of hydrogen-bond donors (Lipinski definition) is 1. The van der Waals surface area contributed by atoms with Crippen LogP contribution in [0.2, 0.25) is 0 Å². The molecular weight excluding hydrogens is 404 g/mol. The Balaban J connectivity index is 1.53. The van der Waals surface area contributed by atoms with E-state index in [4.69, 9.17) is 4.42 Å². The molecule has 1 N–H and O–H groups in total. The first kappa shape index (κ1) is 19.2.